The van der Waals surface area contributed by atoms with Crippen molar-refractivity contribution in [3.63, 3.8) is 0 Å². The maximum atomic E-state index is 15.1. The Morgan fingerprint density at radius 2 is 1.93 bits per heavy atom. The topological polar surface area (TPSA) is 112 Å². The highest BCUT2D eigenvalue weighted by Crippen LogP contribution is 2.27. The zero-order valence-corrected chi connectivity index (χ0v) is 23.3. The van der Waals surface area contributed by atoms with Gasteiger partial charge in [-0.3, -0.25) is 9.59 Å². The fraction of sp³-hybridized carbons (Fsp3) is 0.467. The van der Waals surface area contributed by atoms with Gasteiger partial charge in [-0.05, 0) is 68.0 Å². The largest absolute Gasteiger partial charge is 0.444 e. The van der Waals surface area contributed by atoms with E-state index in [1.807, 2.05) is 12.1 Å². The first-order chi connectivity index (χ1) is 18.9. The Hall–Kier alpha value is -3.97. The third kappa shape index (κ3) is 6.96. The van der Waals surface area contributed by atoms with Crippen molar-refractivity contribution in [2.24, 2.45) is 0 Å². The summed E-state index contributed by atoms with van der Waals surface area (Å²) >= 11 is 0. The van der Waals surface area contributed by atoms with Crippen molar-refractivity contribution in [1.29, 1.82) is 5.26 Å². The molecule has 0 spiro atoms. The van der Waals surface area contributed by atoms with E-state index in [1.165, 1.54) is 11.0 Å². The molecule has 1 N–H and O–H groups in total. The molecule has 0 aliphatic carbocycles. The average Bonchev–Trinajstić information content (AvgIpc) is 3.17. The summed E-state index contributed by atoms with van der Waals surface area (Å²) in [6.07, 6.45) is -0.279. The number of rotatable bonds is 5. The number of ether oxygens (including phenoxy) is 2. The molecule has 1 unspecified atom stereocenters. The number of halogens is 1. The molecule has 9 nitrogen and oxygen atoms in total. The van der Waals surface area contributed by atoms with Gasteiger partial charge in [0.2, 0.25) is 0 Å². The molecule has 0 saturated carbocycles. The minimum absolute atomic E-state index is 0.00931. The smallest absolute Gasteiger partial charge is 0.410 e. The molecule has 1 saturated heterocycles. The molecule has 2 aliphatic rings. The van der Waals surface area contributed by atoms with E-state index in [-0.39, 0.29) is 31.0 Å². The van der Waals surface area contributed by atoms with Crippen LogP contribution in [-0.4, -0.2) is 78.7 Å². The Morgan fingerprint density at radius 1 is 1.20 bits per heavy atom. The standard InChI is InChI=1S/C30H35FN4O5/c1-30(2,3)40-29(38)35-11-5-13-39-26(18-35)27(36)33-23(17-32)15-22-7-6-20(16-25(22)31)19-8-9-24-21(14-19)10-12-34(4)28(24)37/h6-9,14,16,23,26H,5,10-13,15,18H2,1-4H3,(H,33,36)/t23-,26?/m0/s1. The predicted molar refractivity (Wildman–Crippen MR) is 146 cm³/mol. The van der Waals surface area contributed by atoms with E-state index in [1.54, 1.807) is 57.0 Å². The van der Waals surface area contributed by atoms with Gasteiger partial charge in [0.05, 0.1) is 12.6 Å². The molecular formula is C30H35FN4O5. The van der Waals surface area contributed by atoms with E-state index in [0.717, 1.165) is 17.5 Å². The molecule has 4 rings (SSSR count). The molecule has 2 aliphatic heterocycles. The average molecular weight is 551 g/mol. The second-order valence-corrected chi connectivity index (χ2v) is 11.2. The molecule has 1 fully saturated rings. The normalized spacial score (nSPS) is 18.3. The van der Waals surface area contributed by atoms with Crippen LogP contribution in [0.25, 0.3) is 11.1 Å². The number of nitrogens with one attached hydrogen (secondary N) is 1. The predicted octanol–water partition coefficient (Wildman–Crippen LogP) is 3.70. The summed E-state index contributed by atoms with van der Waals surface area (Å²) in [4.78, 5) is 41.0. The summed E-state index contributed by atoms with van der Waals surface area (Å²) in [7, 11) is 1.77. The van der Waals surface area contributed by atoms with Gasteiger partial charge in [-0.2, -0.15) is 5.26 Å². The number of hydrogen-bond acceptors (Lipinski definition) is 6. The van der Waals surface area contributed by atoms with Gasteiger partial charge in [-0.1, -0.05) is 24.3 Å². The van der Waals surface area contributed by atoms with Crippen LogP contribution in [0.2, 0.25) is 0 Å². The lowest BCUT2D eigenvalue weighted by Crippen LogP contribution is -2.48. The van der Waals surface area contributed by atoms with Crippen LogP contribution in [0.4, 0.5) is 9.18 Å². The lowest BCUT2D eigenvalue weighted by molar-refractivity contribution is -0.133. The number of nitriles is 1. The Kier molecular flexibility index (Phi) is 8.74. The van der Waals surface area contributed by atoms with E-state index in [0.29, 0.717) is 30.6 Å². The molecule has 0 bridgehead atoms. The number of hydrogen-bond donors (Lipinski definition) is 1. The first-order valence-corrected chi connectivity index (χ1v) is 13.4. The fourth-order valence-electron chi connectivity index (χ4n) is 4.77. The van der Waals surface area contributed by atoms with Crippen LogP contribution < -0.4 is 5.32 Å². The first-order valence-electron chi connectivity index (χ1n) is 13.4. The maximum absolute atomic E-state index is 15.1. The number of likely N-dealkylation sites (N-methyl/N-ethyl adjacent to an activating group) is 1. The van der Waals surface area contributed by atoms with Crippen LogP contribution in [0.5, 0.6) is 0 Å². The van der Waals surface area contributed by atoms with Crippen molar-refractivity contribution < 1.29 is 28.2 Å². The maximum Gasteiger partial charge on any atom is 0.410 e. The van der Waals surface area contributed by atoms with Crippen molar-refractivity contribution >= 4 is 17.9 Å². The van der Waals surface area contributed by atoms with Crippen LogP contribution in [0.1, 0.15) is 48.7 Å². The monoisotopic (exact) mass is 550 g/mol. The van der Waals surface area contributed by atoms with Crippen molar-refractivity contribution in [3.05, 3.63) is 58.9 Å². The van der Waals surface area contributed by atoms with Gasteiger partial charge in [0.1, 0.15) is 17.5 Å². The molecule has 212 valence electrons. The van der Waals surface area contributed by atoms with Crippen molar-refractivity contribution in [1.82, 2.24) is 15.1 Å². The minimum Gasteiger partial charge on any atom is -0.444 e. The third-order valence-corrected chi connectivity index (χ3v) is 6.90. The second kappa shape index (κ2) is 12.0. The van der Waals surface area contributed by atoms with E-state index in [4.69, 9.17) is 9.47 Å². The summed E-state index contributed by atoms with van der Waals surface area (Å²) in [5.41, 5.74) is 2.65. The van der Waals surface area contributed by atoms with Gasteiger partial charge in [0.15, 0.2) is 6.10 Å². The van der Waals surface area contributed by atoms with Gasteiger partial charge < -0.3 is 24.6 Å². The summed E-state index contributed by atoms with van der Waals surface area (Å²) < 4.78 is 26.2. The lowest BCUT2D eigenvalue weighted by atomic mass is 9.93. The molecule has 0 aromatic heterocycles. The third-order valence-electron chi connectivity index (χ3n) is 6.90. The zero-order valence-electron chi connectivity index (χ0n) is 23.3. The van der Waals surface area contributed by atoms with E-state index < -0.39 is 35.6 Å². The molecule has 2 atom stereocenters. The van der Waals surface area contributed by atoms with Gasteiger partial charge >= 0.3 is 6.09 Å². The van der Waals surface area contributed by atoms with Crippen molar-refractivity contribution in [3.8, 4) is 17.2 Å². The highest BCUT2D eigenvalue weighted by Gasteiger charge is 2.31. The number of benzene rings is 2. The zero-order chi connectivity index (χ0) is 29.0. The number of carbonyl (C=O) groups is 3. The number of nitrogens with zero attached hydrogens (tertiary/aromatic N) is 3. The van der Waals surface area contributed by atoms with Gasteiger partial charge in [-0.25, -0.2) is 9.18 Å². The van der Waals surface area contributed by atoms with Crippen LogP contribution in [0.15, 0.2) is 36.4 Å². The van der Waals surface area contributed by atoms with Crippen molar-refractivity contribution in [2.75, 3.05) is 33.3 Å². The Balaban J connectivity index is 1.41. The highest BCUT2D eigenvalue weighted by molar-refractivity contribution is 5.97. The molecule has 2 aromatic rings. The summed E-state index contributed by atoms with van der Waals surface area (Å²) in [6, 6.07) is 11.3. The number of fused-ring (bicyclic) bond motifs is 1. The van der Waals surface area contributed by atoms with Crippen LogP contribution >= 0.6 is 0 Å². The van der Waals surface area contributed by atoms with Crippen molar-refractivity contribution in [2.45, 2.75) is 57.8 Å². The first kappa shape index (κ1) is 29.0. The molecule has 3 amide bonds. The Morgan fingerprint density at radius 3 is 2.62 bits per heavy atom. The van der Waals surface area contributed by atoms with Gasteiger partial charge in [-0.15, -0.1) is 0 Å². The Labute approximate surface area is 233 Å². The summed E-state index contributed by atoms with van der Waals surface area (Å²) in [5.74, 6) is -1.07. The van der Waals surface area contributed by atoms with Gasteiger partial charge in [0, 0.05) is 38.7 Å². The number of amides is 3. The number of carbonyl (C=O) groups excluding carboxylic acids is 3. The molecule has 40 heavy (non-hydrogen) atoms. The molecule has 10 heteroatoms. The van der Waals surface area contributed by atoms with E-state index in [2.05, 4.69) is 5.32 Å². The van der Waals surface area contributed by atoms with Crippen LogP contribution in [-0.2, 0) is 27.1 Å². The minimum atomic E-state index is -0.999. The highest BCUT2D eigenvalue weighted by atomic mass is 19.1. The molecule has 0 radical (unpaired) electrons. The molecule has 2 aromatic carbocycles. The quantitative estimate of drug-likeness (QED) is 0.608. The molecule has 2 heterocycles. The van der Waals surface area contributed by atoms with E-state index >= 15 is 4.39 Å². The fourth-order valence-corrected chi connectivity index (χ4v) is 4.77. The van der Waals surface area contributed by atoms with Crippen LogP contribution in [0, 0.1) is 17.1 Å². The van der Waals surface area contributed by atoms with E-state index in [9.17, 15) is 19.6 Å². The summed E-state index contributed by atoms with van der Waals surface area (Å²) in [6.45, 7) is 6.58. The SMILES string of the molecule is CN1CCc2cc(-c3ccc(C[C@@H](C#N)NC(=O)C4CN(C(=O)OC(C)(C)C)CCCO4)c(F)c3)ccc2C1=O. The van der Waals surface area contributed by atoms with Crippen LogP contribution in [0.3, 0.4) is 0 Å². The molecular weight excluding hydrogens is 515 g/mol. The Bertz CT molecular complexity index is 1330. The second-order valence-electron chi connectivity index (χ2n) is 11.2. The lowest BCUT2D eigenvalue weighted by Gasteiger charge is -2.27. The summed E-state index contributed by atoms with van der Waals surface area (Å²) in [5, 5.41) is 12.3. The van der Waals surface area contributed by atoms with Gasteiger partial charge in [0.25, 0.3) is 11.8 Å².